The van der Waals surface area contributed by atoms with E-state index in [1.54, 1.807) is 13.0 Å². The van der Waals surface area contributed by atoms with E-state index >= 15 is 0 Å². The Morgan fingerprint density at radius 1 is 1.53 bits per heavy atom. The summed E-state index contributed by atoms with van der Waals surface area (Å²) in [5.74, 6) is 0. The Hall–Kier alpha value is -0.470. The van der Waals surface area contributed by atoms with E-state index in [0.717, 1.165) is 16.9 Å². The number of aliphatic hydroxyl groups excluding tert-OH is 1. The lowest BCUT2D eigenvalue weighted by Crippen LogP contribution is -2.26. The van der Waals surface area contributed by atoms with Gasteiger partial charge in [0.2, 0.25) is 10.0 Å². The van der Waals surface area contributed by atoms with Crippen LogP contribution in [0.1, 0.15) is 17.4 Å². The molecule has 1 aromatic heterocycles. The van der Waals surface area contributed by atoms with Gasteiger partial charge < -0.3 is 9.84 Å². The normalized spacial score (nSPS) is 11.9. The van der Waals surface area contributed by atoms with Crippen LogP contribution >= 0.6 is 11.3 Å². The summed E-state index contributed by atoms with van der Waals surface area (Å²) in [5, 5.41) is 9.02. The number of hydrogen-bond acceptors (Lipinski definition) is 5. The summed E-state index contributed by atoms with van der Waals surface area (Å²) in [6, 6.07) is 1.57. The highest BCUT2D eigenvalue weighted by Gasteiger charge is 2.17. The zero-order valence-electron chi connectivity index (χ0n) is 9.89. The monoisotopic (exact) mass is 279 g/mol. The van der Waals surface area contributed by atoms with E-state index in [1.165, 1.54) is 0 Å². The number of aryl methyl sites for hydroxylation is 1. The third-order valence-electron chi connectivity index (χ3n) is 2.15. The highest BCUT2D eigenvalue weighted by Crippen LogP contribution is 2.25. The van der Waals surface area contributed by atoms with Crippen molar-refractivity contribution in [2.24, 2.45) is 0 Å². The minimum absolute atomic E-state index is 0.134. The summed E-state index contributed by atoms with van der Waals surface area (Å²) in [6.07, 6.45) is 0. The summed E-state index contributed by atoms with van der Waals surface area (Å²) in [5.41, 5.74) is 0.794. The van der Waals surface area contributed by atoms with Gasteiger partial charge in [0, 0.05) is 18.0 Å². The van der Waals surface area contributed by atoms with Gasteiger partial charge in [0.15, 0.2) is 0 Å². The Balaban J connectivity index is 2.69. The second-order valence-electron chi connectivity index (χ2n) is 3.42. The fraction of sp³-hybridized carbons (Fsp3) is 0.600. The molecular weight excluding hydrogens is 262 g/mol. The third-order valence-corrected chi connectivity index (χ3v) is 5.31. The van der Waals surface area contributed by atoms with Crippen molar-refractivity contribution in [2.45, 2.75) is 24.7 Å². The van der Waals surface area contributed by atoms with Gasteiger partial charge in [-0.25, -0.2) is 13.1 Å². The highest BCUT2D eigenvalue weighted by molar-refractivity contribution is 7.91. The summed E-state index contributed by atoms with van der Waals surface area (Å²) < 4.78 is 31.4. The van der Waals surface area contributed by atoms with Gasteiger partial charge in [-0.15, -0.1) is 11.3 Å². The van der Waals surface area contributed by atoms with Crippen LogP contribution in [0.25, 0.3) is 0 Å². The van der Waals surface area contributed by atoms with Crippen LogP contribution in [-0.2, 0) is 21.4 Å². The first kappa shape index (κ1) is 14.6. The summed E-state index contributed by atoms with van der Waals surface area (Å²) in [6.45, 7) is 4.67. The maximum Gasteiger partial charge on any atom is 0.250 e. The Kier molecular flexibility index (Phi) is 5.54. The molecule has 0 amide bonds. The Morgan fingerprint density at radius 3 is 2.76 bits per heavy atom. The Bertz CT molecular complexity index is 453. The zero-order valence-corrected chi connectivity index (χ0v) is 11.5. The molecule has 17 heavy (non-hydrogen) atoms. The minimum atomic E-state index is -3.48. The first-order valence-corrected chi connectivity index (χ1v) is 7.58. The molecule has 0 saturated carbocycles. The van der Waals surface area contributed by atoms with Crippen molar-refractivity contribution in [2.75, 3.05) is 19.8 Å². The lowest BCUT2D eigenvalue weighted by atomic mass is 10.3. The zero-order chi connectivity index (χ0) is 12.9. The number of nitrogens with one attached hydrogen (secondary N) is 1. The first-order valence-electron chi connectivity index (χ1n) is 5.28. The topological polar surface area (TPSA) is 75.6 Å². The number of thiophene rings is 1. The van der Waals surface area contributed by atoms with Gasteiger partial charge >= 0.3 is 0 Å². The molecule has 0 saturated heterocycles. The number of rotatable bonds is 7. The van der Waals surface area contributed by atoms with Crippen LogP contribution in [-0.4, -0.2) is 33.3 Å². The van der Waals surface area contributed by atoms with Crippen LogP contribution in [0.3, 0.4) is 0 Å². The molecule has 0 aliphatic heterocycles. The van der Waals surface area contributed by atoms with Gasteiger partial charge in [-0.3, -0.25) is 0 Å². The van der Waals surface area contributed by atoms with E-state index in [1.807, 2.05) is 6.92 Å². The quantitative estimate of drug-likeness (QED) is 0.726. The van der Waals surface area contributed by atoms with Crippen molar-refractivity contribution >= 4 is 21.4 Å². The van der Waals surface area contributed by atoms with E-state index in [4.69, 9.17) is 9.84 Å². The predicted octanol–water partition coefficient (Wildman–Crippen LogP) is 0.864. The standard InChI is InChI=1S/C10H17NO4S2/c1-3-15-5-4-11-17(13,14)10-6-8(2)9(7-12)16-10/h6,11-12H,3-5,7H2,1-2H3. The molecule has 98 valence electrons. The van der Waals surface area contributed by atoms with Crippen molar-refractivity contribution in [1.29, 1.82) is 0 Å². The second-order valence-corrected chi connectivity index (χ2v) is 6.55. The van der Waals surface area contributed by atoms with E-state index in [0.29, 0.717) is 18.1 Å². The summed E-state index contributed by atoms with van der Waals surface area (Å²) in [7, 11) is -3.48. The molecule has 5 nitrogen and oxygen atoms in total. The van der Waals surface area contributed by atoms with E-state index in [-0.39, 0.29) is 17.4 Å². The molecule has 0 aliphatic rings. The molecule has 1 aromatic rings. The molecule has 7 heteroatoms. The molecule has 0 aliphatic carbocycles. The van der Waals surface area contributed by atoms with Crippen molar-refractivity contribution in [3.05, 3.63) is 16.5 Å². The molecule has 2 N–H and O–H groups in total. The van der Waals surface area contributed by atoms with Crippen LogP contribution in [0, 0.1) is 6.92 Å². The SMILES string of the molecule is CCOCCNS(=O)(=O)c1cc(C)c(CO)s1. The van der Waals surface area contributed by atoms with Crippen molar-refractivity contribution in [3.8, 4) is 0 Å². The Morgan fingerprint density at radius 2 is 2.24 bits per heavy atom. The minimum Gasteiger partial charge on any atom is -0.391 e. The summed E-state index contributed by atoms with van der Waals surface area (Å²) >= 11 is 1.09. The molecule has 1 heterocycles. The van der Waals surface area contributed by atoms with Crippen LogP contribution in [0.15, 0.2) is 10.3 Å². The molecule has 0 radical (unpaired) electrons. The number of sulfonamides is 1. The molecule has 0 fully saturated rings. The van der Waals surface area contributed by atoms with E-state index in [2.05, 4.69) is 4.72 Å². The van der Waals surface area contributed by atoms with Crippen molar-refractivity contribution < 1.29 is 18.3 Å². The van der Waals surface area contributed by atoms with E-state index < -0.39 is 10.0 Å². The molecular formula is C10H17NO4S2. The maximum atomic E-state index is 11.8. The molecule has 0 atom stereocenters. The third kappa shape index (κ3) is 4.04. The molecule has 0 bridgehead atoms. The lowest BCUT2D eigenvalue weighted by Gasteiger charge is -2.04. The second kappa shape index (κ2) is 6.46. The van der Waals surface area contributed by atoms with Crippen LogP contribution in [0.5, 0.6) is 0 Å². The highest BCUT2D eigenvalue weighted by atomic mass is 32.2. The van der Waals surface area contributed by atoms with Crippen molar-refractivity contribution in [3.63, 3.8) is 0 Å². The van der Waals surface area contributed by atoms with Crippen molar-refractivity contribution in [1.82, 2.24) is 4.72 Å². The fourth-order valence-electron chi connectivity index (χ4n) is 1.24. The van der Waals surface area contributed by atoms with Gasteiger partial charge in [0.05, 0.1) is 13.2 Å². The summed E-state index contributed by atoms with van der Waals surface area (Å²) in [4.78, 5) is 0.676. The largest absolute Gasteiger partial charge is 0.391 e. The molecule has 0 aromatic carbocycles. The molecule has 0 unspecified atom stereocenters. The molecule has 0 spiro atoms. The van der Waals surface area contributed by atoms with Crippen LogP contribution in [0.4, 0.5) is 0 Å². The van der Waals surface area contributed by atoms with Gasteiger partial charge in [0.1, 0.15) is 4.21 Å². The average molecular weight is 279 g/mol. The Labute approximate surface area is 105 Å². The van der Waals surface area contributed by atoms with Crippen LogP contribution in [0.2, 0.25) is 0 Å². The average Bonchev–Trinajstić information content (AvgIpc) is 2.67. The first-order chi connectivity index (χ1) is 8.01. The smallest absolute Gasteiger partial charge is 0.250 e. The van der Waals surface area contributed by atoms with Gasteiger partial charge in [0.25, 0.3) is 0 Å². The van der Waals surface area contributed by atoms with Gasteiger partial charge in [-0.2, -0.15) is 0 Å². The van der Waals surface area contributed by atoms with Gasteiger partial charge in [-0.1, -0.05) is 0 Å². The molecule has 1 rings (SSSR count). The number of aliphatic hydroxyl groups is 1. The number of hydrogen-bond donors (Lipinski definition) is 2. The lowest BCUT2D eigenvalue weighted by molar-refractivity contribution is 0.153. The fourth-order valence-corrected chi connectivity index (χ4v) is 3.75. The van der Waals surface area contributed by atoms with Crippen LogP contribution < -0.4 is 4.72 Å². The maximum absolute atomic E-state index is 11.8. The number of ether oxygens (including phenoxy) is 1. The predicted molar refractivity (Wildman–Crippen MR) is 66.7 cm³/mol. The van der Waals surface area contributed by atoms with E-state index in [9.17, 15) is 8.42 Å². The van der Waals surface area contributed by atoms with Gasteiger partial charge in [-0.05, 0) is 25.5 Å².